The fraction of sp³-hybridized carbons (Fsp3) is 0.0625. The van der Waals surface area contributed by atoms with Gasteiger partial charge in [-0.1, -0.05) is 48.0 Å². The lowest BCUT2D eigenvalue weighted by atomic mass is 10.2. The summed E-state index contributed by atoms with van der Waals surface area (Å²) in [4.78, 5) is 4.43. The first-order valence-electron chi connectivity index (χ1n) is 6.34. The van der Waals surface area contributed by atoms with Crippen LogP contribution in [0.25, 0.3) is 11.4 Å². The monoisotopic (exact) mass is 283 g/mol. The lowest BCUT2D eigenvalue weighted by molar-refractivity contribution is 0.807. The first-order valence-corrected chi connectivity index (χ1v) is 6.72. The van der Waals surface area contributed by atoms with Gasteiger partial charge in [0.1, 0.15) is 5.82 Å². The molecule has 2 N–H and O–H groups in total. The maximum absolute atomic E-state index is 6.23. The Balaban J connectivity index is 1.95. The zero-order valence-corrected chi connectivity index (χ0v) is 11.6. The smallest absolute Gasteiger partial charge is 0.140 e. The molecule has 0 fully saturated rings. The average Bonchev–Trinajstić information content (AvgIpc) is 2.91. The molecule has 4 heteroatoms. The highest BCUT2D eigenvalue weighted by Gasteiger charge is 2.08. The van der Waals surface area contributed by atoms with Crippen LogP contribution in [-0.2, 0) is 6.54 Å². The van der Waals surface area contributed by atoms with Gasteiger partial charge in [0.2, 0.25) is 0 Å². The normalized spacial score (nSPS) is 10.7. The first kappa shape index (κ1) is 12.8. The van der Waals surface area contributed by atoms with Crippen LogP contribution < -0.4 is 5.73 Å². The molecule has 0 unspecified atom stereocenters. The molecule has 0 aliphatic heterocycles. The summed E-state index contributed by atoms with van der Waals surface area (Å²) in [7, 11) is 0. The van der Waals surface area contributed by atoms with Crippen molar-refractivity contribution >= 4 is 17.3 Å². The topological polar surface area (TPSA) is 43.8 Å². The van der Waals surface area contributed by atoms with Crippen LogP contribution in [0.2, 0.25) is 5.02 Å². The standard InChI is InChI=1S/C16H14ClN3/c17-15-10-14(18)7-6-13(15)11-20-9-8-19-16(20)12-4-2-1-3-5-12/h1-10H,11,18H2. The molecule has 0 atom stereocenters. The Labute approximate surface area is 122 Å². The van der Waals surface area contributed by atoms with Crippen molar-refractivity contribution in [2.75, 3.05) is 5.73 Å². The number of halogens is 1. The minimum absolute atomic E-state index is 0.670. The summed E-state index contributed by atoms with van der Waals surface area (Å²) < 4.78 is 2.08. The number of aromatic nitrogens is 2. The van der Waals surface area contributed by atoms with E-state index in [1.54, 1.807) is 12.3 Å². The molecule has 0 spiro atoms. The number of nitrogens with two attached hydrogens (primary N) is 1. The fourth-order valence-electron chi connectivity index (χ4n) is 2.16. The molecule has 0 bridgehead atoms. The average molecular weight is 284 g/mol. The van der Waals surface area contributed by atoms with Crippen molar-refractivity contribution in [1.29, 1.82) is 0 Å². The summed E-state index contributed by atoms with van der Waals surface area (Å²) in [5, 5.41) is 0.678. The van der Waals surface area contributed by atoms with Gasteiger partial charge < -0.3 is 10.3 Å². The zero-order chi connectivity index (χ0) is 13.9. The van der Waals surface area contributed by atoms with E-state index in [0.29, 0.717) is 17.3 Å². The highest BCUT2D eigenvalue weighted by molar-refractivity contribution is 6.31. The van der Waals surface area contributed by atoms with Gasteiger partial charge in [-0.25, -0.2) is 4.98 Å². The van der Waals surface area contributed by atoms with Crippen LogP contribution in [0.5, 0.6) is 0 Å². The van der Waals surface area contributed by atoms with Gasteiger partial charge in [-0.15, -0.1) is 0 Å². The van der Waals surface area contributed by atoms with Gasteiger partial charge in [-0.3, -0.25) is 0 Å². The van der Waals surface area contributed by atoms with Gasteiger partial charge in [0.05, 0.1) is 6.54 Å². The van der Waals surface area contributed by atoms with Crippen LogP contribution in [0.3, 0.4) is 0 Å². The molecule has 1 aromatic heterocycles. The van der Waals surface area contributed by atoms with Crippen molar-refractivity contribution in [3.8, 4) is 11.4 Å². The van der Waals surface area contributed by atoms with Crippen molar-refractivity contribution in [2.45, 2.75) is 6.54 Å². The van der Waals surface area contributed by atoms with Crippen molar-refractivity contribution in [3.05, 3.63) is 71.5 Å². The van der Waals surface area contributed by atoms with Crippen LogP contribution >= 0.6 is 11.6 Å². The minimum Gasteiger partial charge on any atom is -0.399 e. The van der Waals surface area contributed by atoms with Crippen LogP contribution in [0.15, 0.2) is 60.9 Å². The van der Waals surface area contributed by atoms with Crippen molar-refractivity contribution < 1.29 is 0 Å². The highest BCUT2D eigenvalue weighted by Crippen LogP contribution is 2.23. The third-order valence-corrected chi connectivity index (χ3v) is 3.52. The predicted octanol–water partition coefficient (Wildman–Crippen LogP) is 3.83. The van der Waals surface area contributed by atoms with Crippen LogP contribution in [-0.4, -0.2) is 9.55 Å². The summed E-state index contributed by atoms with van der Waals surface area (Å²) >= 11 is 6.23. The SMILES string of the molecule is Nc1ccc(Cn2ccnc2-c2ccccc2)c(Cl)c1. The van der Waals surface area contributed by atoms with E-state index in [2.05, 4.69) is 9.55 Å². The van der Waals surface area contributed by atoms with Crippen molar-refractivity contribution in [3.63, 3.8) is 0 Å². The second kappa shape index (κ2) is 5.39. The van der Waals surface area contributed by atoms with E-state index in [4.69, 9.17) is 17.3 Å². The van der Waals surface area contributed by atoms with Gasteiger partial charge in [0.25, 0.3) is 0 Å². The van der Waals surface area contributed by atoms with Gasteiger partial charge in [-0.2, -0.15) is 0 Å². The number of hydrogen-bond donors (Lipinski definition) is 1. The third kappa shape index (κ3) is 2.53. The van der Waals surface area contributed by atoms with Crippen LogP contribution in [0.4, 0.5) is 5.69 Å². The lowest BCUT2D eigenvalue weighted by Gasteiger charge is -2.10. The predicted molar refractivity (Wildman–Crippen MR) is 82.6 cm³/mol. The van der Waals surface area contributed by atoms with Crippen molar-refractivity contribution in [1.82, 2.24) is 9.55 Å². The second-order valence-corrected chi connectivity index (χ2v) is 5.00. The summed E-state index contributed by atoms with van der Waals surface area (Å²) in [6.45, 7) is 0.670. The molecule has 100 valence electrons. The number of hydrogen-bond acceptors (Lipinski definition) is 2. The van der Waals surface area contributed by atoms with E-state index in [1.165, 1.54) is 0 Å². The van der Waals surface area contributed by atoms with E-state index in [9.17, 15) is 0 Å². The third-order valence-electron chi connectivity index (χ3n) is 3.17. The molecule has 0 aliphatic carbocycles. The van der Waals surface area contributed by atoms with E-state index in [0.717, 1.165) is 17.0 Å². The van der Waals surface area contributed by atoms with Crippen molar-refractivity contribution in [2.24, 2.45) is 0 Å². The number of benzene rings is 2. The molecule has 0 aliphatic rings. The zero-order valence-electron chi connectivity index (χ0n) is 10.8. The Hall–Kier alpha value is -2.26. The summed E-state index contributed by atoms with van der Waals surface area (Å²) in [6.07, 6.45) is 3.75. The maximum atomic E-state index is 6.23. The Morgan fingerprint density at radius 3 is 2.65 bits per heavy atom. The van der Waals surface area contributed by atoms with Gasteiger partial charge >= 0.3 is 0 Å². The number of nitrogen functional groups attached to an aromatic ring is 1. The lowest BCUT2D eigenvalue weighted by Crippen LogP contribution is -2.02. The summed E-state index contributed by atoms with van der Waals surface area (Å²) in [5.74, 6) is 0.929. The second-order valence-electron chi connectivity index (χ2n) is 4.60. The quantitative estimate of drug-likeness (QED) is 0.742. The molecule has 20 heavy (non-hydrogen) atoms. The van der Waals surface area contributed by atoms with E-state index in [1.807, 2.05) is 48.7 Å². The largest absolute Gasteiger partial charge is 0.399 e. The minimum atomic E-state index is 0.670. The number of anilines is 1. The Morgan fingerprint density at radius 2 is 1.90 bits per heavy atom. The first-order chi connectivity index (χ1) is 9.74. The maximum Gasteiger partial charge on any atom is 0.140 e. The number of nitrogens with zero attached hydrogens (tertiary/aromatic N) is 2. The molecule has 3 rings (SSSR count). The van der Waals surface area contributed by atoms with Gasteiger partial charge in [0, 0.05) is 28.7 Å². The van der Waals surface area contributed by atoms with E-state index >= 15 is 0 Å². The molecule has 0 saturated carbocycles. The molecular formula is C16H14ClN3. The molecule has 3 aromatic rings. The fourth-order valence-corrected chi connectivity index (χ4v) is 2.41. The van der Waals surface area contributed by atoms with E-state index < -0.39 is 0 Å². The Kier molecular flexibility index (Phi) is 3.44. The van der Waals surface area contributed by atoms with Gasteiger partial charge in [0.15, 0.2) is 0 Å². The molecule has 1 heterocycles. The highest BCUT2D eigenvalue weighted by atomic mass is 35.5. The van der Waals surface area contributed by atoms with Crippen LogP contribution in [0.1, 0.15) is 5.56 Å². The summed E-state index contributed by atoms with van der Waals surface area (Å²) in [5.41, 5.74) is 8.50. The van der Waals surface area contributed by atoms with E-state index in [-0.39, 0.29) is 0 Å². The Morgan fingerprint density at radius 1 is 1.10 bits per heavy atom. The molecule has 0 amide bonds. The molecular weight excluding hydrogens is 270 g/mol. The molecule has 2 aromatic carbocycles. The number of rotatable bonds is 3. The number of imidazole rings is 1. The van der Waals surface area contributed by atoms with Gasteiger partial charge in [-0.05, 0) is 17.7 Å². The molecule has 3 nitrogen and oxygen atoms in total. The molecule has 0 radical (unpaired) electrons. The van der Waals surface area contributed by atoms with Crippen LogP contribution in [0, 0.1) is 0 Å². The molecule has 0 saturated heterocycles. The summed E-state index contributed by atoms with van der Waals surface area (Å²) in [6, 6.07) is 15.7. The Bertz CT molecular complexity index is 720.